The molecule has 4 nitrogen and oxygen atoms in total. The Morgan fingerprint density at radius 2 is 1.50 bits per heavy atom. The van der Waals surface area contributed by atoms with Gasteiger partial charge in [-0.25, -0.2) is 4.39 Å². The fourth-order valence-electron chi connectivity index (χ4n) is 3.52. The summed E-state index contributed by atoms with van der Waals surface area (Å²) in [4.78, 5) is 25.4. The number of carbonyl (C=O) groups excluding carboxylic acids is 2. The molecule has 0 bridgehead atoms. The van der Waals surface area contributed by atoms with Crippen molar-refractivity contribution in [3.8, 4) is 0 Å². The third-order valence-electron chi connectivity index (χ3n) is 5.07. The van der Waals surface area contributed by atoms with Gasteiger partial charge in [-0.1, -0.05) is 29.3 Å². The fourth-order valence-corrected chi connectivity index (χ4v) is 4.89. The minimum absolute atomic E-state index is 0.309. The van der Waals surface area contributed by atoms with Gasteiger partial charge >= 0.3 is 0 Å². The first-order chi connectivity index (χ1) is 15.1. The summed E-state index contributed by atoms with van der Waals surface area (Å²) < 4.78 is 11.7. The summed E-state index contributed by atoms with van der Waals surface area (Å²) in [6.45, 7) is 0. The van der Waals surface area contributed by atoms with Crippen molar-refractivity contribution in [3.63, 3.8) is 0 Å². The molecule has 2 amide bonds. The average molecular weight is 512 g/mol. The number of carbonyl (C=O) groups is 2. The van der Waals surface area contributed by atoms with E-state index >= 15 is 0 Å². The summed E-state index contributed by atoms with van der Waals surface area (Å²) in [6, 6.07) is 16.7. The second-order valence-electron chi connectivity index (χ2n) is 7.36. The highest BCUT2D eigenvalue weighted by atomic mass is 35.5. The van der Waals surface area contributed by atoms with Gasteiger partial charge in [0.2, 0.25) is 5.91 Å². The molecular formula is C23H15Cl4FN2O2. The van der Waals surface area contributed by atoms with E-state index in [1.807, 2.05) is 0 Å². The van der Waals surface area contributed by atoms with E-state index < -0.39 is 33.8 Å². The van der Waals surface area contributed by atoms with Crippen molar-refractivity contribution in [2.45, 2.75) is 10.3 Å². The standard InChI is InChI=1S/C23H15Cl4FN2O2/c24-14-8-13(9-15(25)11-14)19-20(23(19,26)27)22(32)30-18-3-1-2-12(10-18)21(31)29-17-6-4-16(28)5-7-17/h1-11,19-20H,(H,29,31)(H,30,32)/t19-,20+/m0/s1. The number of hydrogen-bond acceptors (Lipinski definition) is 2. The number of hydrogen-bond donors (Lipinski definition) is 2. The van der Waals surface area contributed by atoms with Crippen LogP contribution in [0.25, 0.3) is 0 Å². The van der Waals surface area contributed by atoms with Gasteiger partial charge in [-0.15, -0.1) is 23.2 Å². The Morgan fingerprint density at radius 1 is 0.844 bits per heavy atom. The van der Waals surface area contributed by atoms with Crippen LogP contribution in [0.4, 0.5) is 15.8 Å². The number of alkyl halides is 2. The van der Waals surface area contributed by atoms with Gasteiger partial charge in [-0.3, -0.25) is 9.59 Å². The molecule has 1 aliphatic carbocycles. The fraction of sp³-hybridized carbons (Fsp3) is 0.130. The topological polar surface area (TPSA) is 58.2 Å². The van der Waals surface area contributed by atoms with Crippen LogP contribution in [0.2, 0.25) is 10.0 Å². The highest BCUT2D eigenvalue weighted by molar-refractivity contribution is 6.53. The van der Waals surface area contributed by atoms with Crippen molar-refractivity contribution in [2.75, 3.05) is 10.6 Å². The molecule has 2 N–H and O–H groups in total. The Bertz CT molecular complexity index is 1180. The SMILES string of the molecule is O=C(Nc1ccc(F)cc1)c1cccc(NC(=O)[C@H]2[C@H](c3cc(Cl)cc(Cl)c3)C2(Cl)Cl)c1. The van der Waals surface area contributed by atoms with E-state index in [0.29, 0.717) is 32.5 Å². The molecular weight excluding hydrogens is 497 g/mol. The van der Waals surface area contributed by atoms with E-state index in [1.54, 1.807) is 36.4 Å². The van der Waals surface area contributed by atoms with Crippen molar-refractivity contribution in [1.82, 2.24) is 0 Å². The number of amides is 2. The molecule has 4 rings (SSSR count). The van der Waals surface area contributed by atoms with Crippen molar-refractivity contribution in [2.24, 2.45) is 5.92 Å². The first kappa shape index (κ1) is 22.9. The molecule has 0 heterocycles. The Morgan fingerprint density at radius 3 is 2.16 bits per heavy atom. The minimum atomic E-state index is -1.31. The first-order valence-corrected chi connectivity index (χ1v) is 11.0. The zero-order valence-electron chi connectivity index (χ0n) is 16.2. The third-order valence-corrected chi connectivity index (χ3v) is 6.45. The molecule has 1 aliphatic rings. The molecule has 3 aromatic rings. The van der Waals surface area contributed by atoms with Crippen LogP contribution in [0.3, 0.4) is 0 Å². The van der Waals surface area contributed by atoms with E-state index in [-0.39, 0.29) is 0 Å². The maximum absolute atomic E-state index is 13.0. The van der Waals surface area contributed by atoms with Crippen LogP contribution < -0.4 is 10.6 Å². The highest BCUT2D eigenvalue weighted by Crippen LogP contribution is 2.65. The monoisotopic (exact) mass is 510 g/mol. The van der Waals surface area contributed by atoms with Crippen LogP contribution in [-0.4, -0.2) is 16.1 Å². The Kier molecular flexibility index (Phi) is 6.37. The van der Waals surface area contributed by atoms with Gasteiger partial charge in [0.25, 0.3) is 5.91 Å². The number of halogens is 5. The predicted molar refractivity (Wildman–Crippen MR) is 127 cm³/mol. The van der Waals surface area contributed by atoms with E-state index in [9.17, 15) is 14.0 Å². The molecule has 32 heavy (non-hydrogen) atoms. The van der Waals surface area contributed by atoms with Gasteiger partial charge in [0, 0.05) is 32.9 Å². The zero-order chi connectivity index (χ0) is 23.0. The van der Waals surface area contributed by atoms with Gasteiger partial charge in [0.15, 0.2) is 0 Å². The molecule has 164 valence electrons. The lowest BCUT2D eigenvalue weighted by molar-refractivity contribution is -0.117. The molecule has 0 spiro atoms. The third kappa shape index (κ3) is 4.86. The molecule has 0 radical (unpaired) electrons. The minimum Gasteiger partial charge on any atom is -0.326 e. The highest BCUT2D eigenvalue weighted by Gasteiger charge is 2.67. The van der Waals surface area contributed by atoms with Crippen LogP contribution in [0.5, 0.6) is 0 Å². The second-order valence-corrected chi connectivity index (χ2v) is 9.68. The number of benzene rings is 3. The second kappa shape index (κ2) is 8.91. The molecule has 0 saturated heterocycles. The smallest absolute Gasteiger partial charge is 0.255 e. The Labute approximate surface area is 203 Å². The molecule has 0 aromatic heterocycles. The van der Waals surface area contributed by atoms with Gasteiger partial charge in [0.05, 0.1) is 5.92 Å². The summed E-state index contributed by atoms with van der Waals surface area (Å²) in [5.41, 5.74) is 1.82. The molecule has 0 unspecified atom stereocenters. The van der Waals surface area contributed by atoms with E-state index in [2.05, 4.69) is 10.6 Å². The predicted octanol–water partition coefficient (Wildman–Crippen LogP) is 6.91. The van der Waals surface area contributed by atoms with Gasteiger partial charge < -0.3 is 10.6 Å². The maximum atomic E-state index is 13.0. The quantitative estimate of drug-likeness (QED) is 0.365. The number of rotatable bonds is 5. The van der Waals surface area contributed by atoms with E-state index in [0.717, 1.165) is 0 Å². The van der Waals surface area contributed by atoms with Crippen molar-refractivity contribution >= 4 is 69.6 Å². The number of anilines is 2. The average Bonchev–Trinajstić information content (AvgIpc) is 3.31. The van der Waals surface area contributed by atoms with Crippen molar-refractivity contribution in [3.05, 3.63) is 93.7 Å². The lowest BCUT2D eigenvalue weighted by atomic mass is 10.1. The summed E-state index contributed by atoms with van der Waals surface area (Å²) in [5.74, 6) is -2.41. The van der Waals surface area contributed by atoms with Gasteiger partial charge in [-0.05, 0) is 66.2 Å². The molecule has 1 saturated carbocycles. The summed E-state index contributed by atoms with van der Waals surface area (Å²) in [6.07, 6.45) is 0. The Hall–Kier alpha value is -2.31. The molecule has 3 aromatic carbocycles. The van der Waals surface area contributed by atoms with Crippen LogP contribution in [0.15, 0.2) is 66.7 Å². The lowest BCUT2D eigenvalue weighted by Gasteiger charge is -2.09. The van der Waals surface area contributed by atoms with E-state index in [1.165, 1.54) is 30.3 Å². The van der Waals surface area contributed by atoms with Gasteiger partial charge in [0.1, 0.15) is 10.2 Å². The lowest BCUT2D eigenvalue weighted by Crippen LogP contribution is -2.18. The first-order valence-electron chi connectivity index (χ1n) is 9.47. The molecule has 9 heteroatoms. The zero-order valence-corrected chi connectivity index (χ0v) is 19.2. The van der Waals surface area contributed by atoms with Crippen molar-refractivity contribution in [1.29, 1.82) is 0 Å². The largest absolute Gasteiger partial charge is 0.326 e. The van der Waals surface area contributed by atoms with Crippen molar-refractivity contribution < 1.29 is 14.0 Å². The maximum Gasteiger partial charge on any atom is 0.255 e. The van der Waals surface area contributed by atoms with Crippen LogP contribution in [0.1, 0.15) is 21.8 Å². The van der Waals surface area contributed by atoms with Gasteiger partial charge in [-0.2, -0.15) is 0 Å². The summed E-state index contributed by atoms with van der Waals surface area (Å²) in [7, 11) is 0. The molecule has 0 aliphatic heterocycles. The molecule has 2 atom stereocenters. The molecule has 1 fully saturated rings. The van der Waals surface area contributed by atoms with Crippen LogP contribution in [0, 0.1) is 11.7 Å². The van der Waals surface area contributed by atoms with Crippen LogP contribution >= 0.6 is 46.4 Å². The number of nitrogens with one attached hydrogen (secondary N) is 2. The normalized spacial score (nSPS) is 18.7. The summed E-state index contributed by atoms with van der Waals surface area (Å²) in [5, 5.41) is 6.26. The van der Waals surface area contributed by atoms with Crippen LogP contribution in [-0.2, 0) is 4.79 Å². The van der Waals surface area contributed by atoms with E-state index in [4.69, 9.17) is 46.4 Å². The summed E-state index contributed by atoms with van der Waals surface area (Å²) >= 11 is 24.9. The Balaban J connectivity index is 1.47.